The Morgan fingerprint density at radius 1 is 1.50 bits per heavy atom. The fourth-order valence-electron chi connectivity index (χ4n) is 1.55. The van der Waals surface area contributed by atoms with Crippen molar-refractivity contribution in [2.45, 2.75) is 51.6 Å². The van der Waals surface area contributed by atoms with Crippen LogP contribution in [0.3, 0.4) is 0 Å². The molecule has 1 rings (SSSR count). The smallest absolute Gasteiger partial charge is 0.326 e. The fraction of sp³-hybridized carbons (Fsp3) is 0.917. The summed E-state index contributed by atoms with van der Waals surface area (Å²) in [5.74, 6) is 1.79. The van der Waals surface area contributed by atoms with Crippen LogP contribution in [0.5, 0.6) is 0 Å². The highest BCUT2D eigenvalue weighted by Crippen LogP contribution is 2.25. The van der Waals surface area contributed by atoms with E-state index in [1.165, 1.54) is 12.8 Å². The van der Waals surface area contributed by atoms with Crippen molar-refractivity contribution < 1.29 is 9.53 Å². The van der Waals surface area contributed by atoms with Gasteiger partial charge in [0.1, 0.15) is 5.54 Å². The molecule has 0 aromatic heterocycles. The van der Waals surface area contributed by atoms with Gasteiger partial charge in [-0.25, -0.2) is 0 Å². The van der Waals surface area contributed by atoms with Crippen LogP contribution in [0.15, 0.2) is 0 Å². The van der Waals surface area contributed by atoms with Crippen molar-refractivity contribution in [2.75, 3.05) is 18.1 Å². The molecule has 1 unspecified atom stereocenters. The minimum atomic E-state index is -0.503. The van der Waals surface area contributed by atoms with Crippen LogP contribution in [0.4, 0.5) is 0 Å². The number of thioether (sulfide) groups is 1. The molecule has 0 aliphatic heterocycles. The number of esters is 1. The minimum Gasteiger partial charge on any atom is -0.465 e. The molecule has 1 N–H and O–H groups in total. The first-order valence-corrected chi connectivity index (χ1v) is 7.30. The van der Waals surface area contributed by atoms with Gasteiger partial charge in [-0.2, -0.15) is 11.8 Å². The first-order valence-electron chi connectivity index (χ1n) is 6.15. The number of carbonyl (C=O) groups is 1. The number of rotatable bonds is 8. The molecule has 0 spiro atoms. The van der Waals surface area contributed by atoms with Gasteiger partial charge in [-0.05, 0) is 38.9 Å². The molecule has 94 valence electrons. The molecule has 1 atom stereocenters. The summed E-state index contributed by atoms with van der Waals surface area (Å²) in [5.41, 5.74) is -0.503. The van der Waals surface area contributed by atoms with Crippen LogP contribution >= 0.6 is 11.8 Å². The SMILES string of the molecule is CCCSCC(C)(NC1CC1)C(=O)OCC. The van der Waals surface area contributed by atoms with Gasteiger partial charge in [0.15, 0.2) is 0 Å². The third-order valence-corrected chi connectivity index (χ3v) is 4.04. The molecule has 1 aliphatic rings. The van der Waals surface area contributed by atoms with E-state index in [1.807, 2.05) is 25.6 Å². The van der Waals surface area contributed by atoms with E-state index in [-0.39, 0.29) is 5.97 Å². The van der Waals surface area contributed by atoms with Gasteiger partial charge in [-0.1, -0.05) is 6.92 Å². The summed E-state index contributed by atoms with van der Waals surface area (Å²) in [6.45, 7) is 6.43. The largest absolute Gasteiger partial charge is 0.465 e. The van der Waals surface area contributed by atoms with Crippen LogP contribution in [0.1, 0.15) is 40.0 Å². The molecule has 0 heterocycles. The monoisotopic (exact) mass is 245 g/mol. The molecule has 0 radical (unpaired) electrons. The van der Waals surface area contributed by atoms with Crippen molar-refractivity contribution in [3.63, 3.8) is 0 Å². The summed E-state index contributed by atoms with van der Waals surface area (Å²) in [6, 6.07) is 0.525. The normalized spacial score (nSPS) is 19.2. The van der Waals surface area contributed by atoms with Crippen molar-refractivity contribution in [2.24, 2.45) is 0 Å². The van der Waals surface area contributed by atoms with Crippen LogP contribution in [0.2, 0.25) is 0 Å². The van der Waals surface area contributed by atoms with E-state index < -0.39 is 5.54 Å². The Bertz CT molecular complexity index is 231. The lowest BCUT2D eigenvalue weighted by molar-refractivity contribution is -0.149. The number of ether oxygens (including phenoxy) is 1. The Kier molecular flexibility index (Phi) is 5.62. The van der Waals surface area contributed by atoms with Crippen molar-refractivity contribution in [1.29, 1.82) is 0 Å². The third kappa shape index (κ3) is 4.34. The van der Waals surface area contributed by atoms with Gasteiger partial charge in [0.05, 0.1) is 6.61 Å². The molecule has 0 amide bonds. The zero-order chi connectivity index (χ0) is 12.0. The van der Waals surface area contributed by atoms with E-state index in [1.54, 1.807) is 0 Å². The van der Waals surface area contributed by atoms with Gasteiger partial charge >= 0.3 is 5.97 Å². The molecule has 4 heteroatoms. The first-order chi connectivity index (χ1) is 7.62. The highest BCUT2D eigenvalue weighted by Gasteiger charge is 2.39. The Labute approximate surface area is 103 Å². The van der Waals surface area contributed by atoms with E-state index in [0.717, 1.165) is 17.9 Å². The van der Waals surface area contributed by atoms with Gasteiger partial charge in [-0.3, -0.25) is 10.1 Å². The summed E-state index contributed by atoms with van der Waals surface area (Å²) in [7, 11) is 0. The number of hydrogen-bond donors (Lipinski definition) is 1. The third-order valence-electron chi connectivity index (χ3n) is 2.57. The lowest BCUT2D eigenvalue weighted by atomic mass is 10.1. The van der Waals surface area contributed by atoms with Gasteiger partial charge in [0.25, 0.3) is 0 Å². The van der Waals surface area contributed by atoms with Gasteiger partial charge in [0, 0.05) is 11.8 Å². The molecule has 0 saturated heterocycles. The second kappa shape index (κ2) is 6.50. The number of nitrogens with one attached hydrogen (secondary N) is 1. The molecule has 16 heavy (non-hydrogen) atoms. The zero-order valence-electron chi connectivity index (χ0n) is 10.5. The first kappa shape index (κ1) is 13.8. The maximum atomic E-state index is 11.9. The maximum absolute atomic E-state index is 11.9. The predicted molar refractivity (Wildman–Crippen MR) is 68.8 cm³/mol. The zero-order valence-corrected chi connectivity index (χ0v) is 11.4. The summed E-state index contributed by atoms with van der Waals surface area (Å²) < 4.78 is 5.15. The van der Waals surface area contributed by atoms with Gasteiger partial charge in [-0.15, -0.1) is 0 Å². The summed E-state index contributed by atoms with van der Waals surface area (Å²) in [5, 5.41) is 3.42. The highest BCUT2D eigenvalue weighted by molar-refractivity contribution is 7.99. The predicted octanol–water partition coefficient (Wildman–Crippen LogP) is 2.20. The van der Waals surface area contributed by atoms with E-state index in [0.29, 0.717) is 12.6 Å². The van der Waals surface area contributed by atoms with Crippen LogP contribution < -0.4 is 5.32 Å². The van der Waals surface area contributed by atoms with Crippen LogP contribution in [-0.2, 0) is 9.53 Å². The van der Waals surface area contributed by atoms with E-state index in [4.69, 9.17) is 4.74 Å². The number of hydrogen-bond acceptors (Lipinski definition) is 4. The Morgan fingerprint density at radius 3 is 2.69 bits per heavy atom. The van der Waals surface area contributed by atoms with Crippen molar-refractivity contribution in [3.8, 4) is 0 Å². The highest BCUT2D eigenvalue weighted by atomic mass is 32.2. The van der Waals surface area contributed by atoms with E-state index in [2.05, 4.69) is 12.2 Å². The second-order valence-corrected chi connectivity index (χ2v) is 5.63. The molecular weight excluding hydrogens is 222 g/mol. The van der Waals surface area contributed by atoms with Crippen LogP contribution in [-0.4, -0.2) is 35.7 Å². The van der Waals surface area contributed by atoms with Crippen molar-refractivity contribution in [3.05, 3.63) is 0 Å². The molecule has 0 aromatic carbocycles. The standard InChI is InChI=1S/C12H23NO2S/c1-4-8-16-9-12(3,11(14)15-5-2)13-10-6-7-10/h10,13H,4-9H2,1-3H3. The summed E-state index contributed by atoms with van der Waals surface area (Å²) in [6.07, 6.45) is 3.52. The Morgan fingerprint density at radius 2 is 2.19 bits per heavy atom. The molecule has 0 bridgehead atoms. The van der Waals surface area contributed by atoms with E-state index in [9.17, 15) is 4.79 Å². The lowest BCUT2D eigenvalue weighted by Crippen LogP contribution is -2.53. The average Bonchev–Trinajstić information content (AvgIpc) is 3.02. The molecule has 1 aliphatic carbocycles. The van der Waals surface area contributed by atoms with Crippen LogP contribution in [0.25, 0.3) is 0 Å². The molecule has 1 saturated carbocycles. The number of carbonyl (C=O) groups excluding carboxylic acids is 1. The quantitative estimate of drug-likeness (QED) is 0.525. The molecule has 1 fully saturated rings. The topological polar surface area (TPSA) is 38.3 Å². The van der Waals surface area contributed by atoms with Crippen molar-refractivity contribution >= 4 is 17.7 Å². The minimum absolute atomic E-state index is 0.106. The Hall–Kier alpha value is -0.220. The molecule has 0 aromatic rings. The maximum Gasteiger partial charge on any atom is 0.326 e. The van der Waals surface area contributed by atoms with Crippen LogP contribution in [0, 0.1) is 0 Å². The fourth-order valence-corrected chi connectivity index (χ4v) is 2.59. The average molecular weight is 245 g/mol. The molecule has 3 nitrogen and oxygen atoms in total. The molecular formula is C12H23NO2S. The van der Waals surface area contributed by atoms with E-state index >= 15 is 0 Å². The Balaban J connectivity index is 2.47. The second-order valence-electron chi connectivity index (χ2n) is 4.52. The lowest BCUT2D eigenvalue weighted by Gasteiger charge is -2.28. The summed E-state index contributed by atoms with van der Waals surface area (Å²) in [4.78, 5) is 11.9. The summed E-state index contributed by atoms with van der Waals surface area (Å²) >= 11 is 1.82. The van der Waals surface area contributed by atoms with Gasteiger partial charge in [0.2, 0.25) is 0 Å². The van der Waals surface area contributed by atoms with Crippen molar-refractivity contribution in [1.82, 2.24) is 5.32 Å². The van der Waals surface area contributed by atoms with Gasteiger partial charge < -0.3 is 4.74 Å².